The van der Waals surface area contributed by atoms with E-state index in [0.717, 1.165) is 0 Å². The molecule has 0 aliphatic rings. The highest BCUT2D eigenvalue weighted by Gasteiger charge is 2.33. The molecular weight excluding hydrogens is 194 g/mol. The van der Waals surface area contributed by atoms with E-state index in [2.05, 4.69) is 50.8 Å². The summed E-state index contributed by atoms with van der Waals surface area (Å²) in [5, 5.41) is 1.01. The first kappa shape index (κ1) is 13.9. The molecule has 0 aromatic heterocycles. The Morgan fingerprint density at radius 3 is 1.54 bits per heavy atom. The molecule has 0 aliphatic carbocycles. The van der Waals surface area contributed by atoms with Crippen LogP contribution in [0.2, 0.25) is 0 Å². The Hall–Kier alpha value is 0.860. The van der Waals surface area contributed by atoms with Crippen molar-refractivity contribution < 1.29 is 0 Å². The summed E-state index contributed by atoms with van der Waals surface area (Å²) in [6.45, 7) is 14.4. The Labute approximate surface area is 88.2 Å². The largest absolute Gasteiger partial charge is 0.138 e. The number of hydrogen-bond acceptors (Lipinski definition) is 0. The molecule has 0 rings (SSSR count). The summed E-state index contributed by atoms with van der Waals surface area (Å²) in [5.74, 6) is 0. The number of hydrogen-bond donors (Lipinski definition) is 0. The van der Waals surface area contributed by atoms with Crippen LogP contribution in [0.5, 0.6) is 0 Å². The highest BCUT2D eigenvalue weighted by atomic mass is 31.1. The maximum atomic E-state index is 2.84. The first-order valence-electron chi connectivity index (χ1n) is 5.17. The van der Waals surface area contributed by atoms with Gasteiger partial charge in [-0.25, -0.2) is 0 Å². The lowest BCUT2D eigenvalue weighted by molar-refractivity contribution is 0.701. The van der Waals surface area contributed by atoms with Gasteiger partial charge in [-0.1, -0.05) is 49.5 Å². The topological polar surface area (TPSA) is 0 Å². The van der Waals surface area contributed by atoms with Gasteiger partial charge in [0.05, 0.1) is 0 Å². The average molecular weight is 220 g/mol. The van der Waals surface area contributed by atoms with E-state index in [1.807, 2.05) is 0 Å². The first-order chi connectivity index (χ1) is 5.69. The van der Waals surface area contributed by atoms with Crippen molar-refractivity contribution in [2.75, 3.05) is 12.3 Å². The highest BCUT2D eigenvalue weighted by molar-refractivity contribution is 7.60. The van der Waals surface area contributed by atoms with Gasteiger partial charge in [0.15, 0.2) is 0 Å². The highest BCUT2D eigenvalue weighted by Crippen LogP contribution is 2.59. The van der Waals surface area contributed by atoms with Crippen LogP contribution in [0.4, 0.5) is 0 Å². The molecule has 2 heteroatoms. The minimum absolute atomic E-state index is 0.138. The van der Waals surface area contributed by atoms with Crippen molar-refractivity contribution in [1.29, 1.82) is 0 Å². The summed E-state index contributed by atoms with van der Waals surface area (Å²) >= 11 is 0. The van der Waals surface area contributed by atoms with E-state index < -0.39 is 0 Å². The van der Waals surface area contributed by atoms with Gasteiger partial charge in [0.2, 0.25) is 0 Å². The fraction of sp³-hybridized carbons (Fsp3) is 1.00. The molecule has 0 heterocycles. The monoisotopic (exact) mass is 220 g/mol. The van der Waals surface area contributed by atoms with E-state index in [9.17, 15) is 0 Å². The second kappa shape index (κ2) is 5.09. The average Bonchev–Trinajstić information content (AvgIpc) is 1.81. The molecule has 0 spiro atoms. The lowest BCUT2D eigenvalue weighted by Crippen LogP contribution is -2.26. The third-order valence-electron chi connectivity index (χ3n) is 2.21. The van der Waals surface area contributed by atoms with Crippen molar-refractivity contribution in [1.82, 2.24) is 0 Å². The molecule has 0 amide bonds. The maximum Gasteiger partial charge on any atom is -0.0175 e. The molecule has 0 radical (unpaired) electrons. The molecule has 0 aromatic rings. The molecule has 80 valence electrons. The van der Waals surface area contributed by atoms with Crippen LogP contribution >= 0.6 is 17.2 Å². The fourth-order valence-electron chi connectivity index (χ4n) is 1.93. The van der Waals surface area contributed by atoms with Crippen LogP contribution in [0.1, 0.15) is 48.0 Å². The van der Waals surface area contributed by atoms with E-state index in [4.69, 9.17) is 0 Å². The molecule has 0 bridgehead atoms. The zero-order valence-corrected chi connectivity index (χ0v) is 12.2. The molecule has 1 unspecified atom stereocenters. The van der Waals surface area contributed by atoms with Gasteiger partial charge in [-0.3, -0.25) is 0 Å². The van der Waals surface area contributed by atoms with Crippen molar-refractivity contribution in [3.63, 3.8) is 0 Å². The predicted molar refractivity (Wildman–Crippen MR) is 70.5 cm³/mol. The van der Waals surface area contributed by atoms with Crippen LogP contribution in [-0.4, -0.2) is 22.6 Å². The predicted octanol–water partition coefficient (Wildman–Crippen LogP) is 4.33. The lowest BCUT2D eigenvalue weighted by Gasteiger charge is -2.41. The second-order valence-electron chi connectivity index (χ2n) is 5.64. The van der Waals surface area contributed by atoms with Gasteiger partial charge >= 0.3 is 0 Å². The molecule has 0 saturated heterocycles. The van der Waals surface area contributed by atoms with Gasteiger partial charge in [-0.15, -0.1) is 9.24 Å². The van der Waals surface area contributed by atoms with Crippen molar-refractivity contribution in [2.24, 2.45) is 0 Å². The van der Waals surface area contributed by atoms with Crippen LogP contribution in [0.15, 0.2) is 0 Å². The van der Waals surface area contributed by atoms with E-state index in [1.165, 1.54) is 18.7 Å². The third-order valence-corrected chi connectivity index (χ3v) is 6.62. The van der Waals surface area contributed by atoms with Gasteiger partial charge in [-0.2, -0.15) is 0 Å². The normalized spacial score (nSPS) is 13.8. The zero-order valence-electron chi connectivity index (χ0n) is 10.1. The van der Waals surface area contributed by atoms with E-state index in [1.54, 1.807) is 0 Å². The molecule has 0 aliphatic heterocycles. The lowest BCUT2D eigenvalue weighted by atomic mass is 10.2. The Balaban J connectivity index is 4.39. The smallest absolute Gasteiger partial charge is 0.0175 e. The van der Waals surface area contributed by atoms with Crippen LogP contribution < -0.4 is 0 Å². The van der Waals surface area contributed by atoms with Crippen molar-refractivity contribution >= 4 is 17.2 Å². The van der Waals surface area contributed by atoms with Crippen LogP contribution in [0.25, 0.3) is 0 Å². The summed E-state index contributed by atoms with van der Waals surface area (Å²) in [6.07, 6.45) is 4.04. The van der Waals surface area contributed by atoms with E-state index >= 15 is 0 Å². The van der Waals surface area contributed by atoms with Crippen LogP contribution in [0, 0.1) is 0 Å². The van der Waals surface area contributed by atoms with Crippen LogP contribution in [-0.2, 0) is 0 Å². The summed E-state index contributed by atoms with van der Waals surface area (Å²) in [4.78, 5) is 0. The Kier molecular flexibility index (Phi) is 5.42. The van der Waals surface area contributed by atoms with Gasteiger partial charge in [-0.05, 0) is 29.1 Å². The molecule has 1 atom stereocenters. The van der Waals surface area contributed by atoms with Gasteiger partial charge in [0, 0.05) is 0 Å². The third kappa shape index (κ3) is 5.34. The Morgan fingerprint density at radius 1 is 0.923 bits per heavy atom. The van der Waals surface area contributed by atoms with E-state index in [-0.39, 0.29) is 7.92 Å². The fourth-order valence-corrected chi connectivity index (χ4v) is 6.33. The molecule has 0 nitrogen and oxygen atoms in total. The molecule has 0 aromatic carbocycles. The molecule has 0 N–H and O–H groups in total. The summed E-state index contributed by atoms with van der Waals surface area (Å²) < 4.78 is 0. The zero-order chi connectivity index (χ0) is 10.7. The van der Waals surface area contributed by atoms with Crippen molar-refractivity contribution in [3.05, 3.63) is 0 Å². The molecule has 0 saturated carbocycles. The molecule has 13 heavy (non-hydrogen) atoms. The van der Waals surface area contributed by atoms with Gasteiger partial charge in [0.1, 0.15) is 0 Å². The first-order valence-corrected chi connectivity index (χ1v) is 7.52. The Bertz CT molecular complexity index is 125. The van der Waals surface area contributed by atoms with Crippen LogP contribution in [0.3, 0.4) is 0 Å². The maximum absolute atomic E-state index is 2.84. The molecular formula is C11H26P2. The quantitative estimate of drug-likeness (QED) is 0.621. The van der Waals surface area contributed by atoms with E-state index in [0.29, 0.717) is 10.3 Å². The SMILES string of the molecule is CC(C)(C)P(CCCP)C(C)(C)C. The standard InChI is InChI=1S/C11H26P2/c1-10(2,3)13(9-7-8-12)11(4,5)6/h7-9,12H2,1-6H3. The minimum Gasteiger partial charge on any atom is -0.138 e. The minimum atomic E-state index is 0.138. The van der Waals surface area contributed by atoms with Gasteiger partial charge < -0.3 is 0 Å². The number of rotatable bonds is 3. The van der Waals surface area contributed by atoms with Crippen molar-refractivity contribution in [3.8, 4) is 0 Å². The second-order valence-corrected chi connectivity index (χ2v) is 10.2. The molecule has 0 fully saturated rings. The van der Waals surface area contributed by atoms with Gasteiger partial charge in [0.25, 0.3) is 0 Å². The van der Waals surface area contributed by atoms with Crippen molar-refractivity contribution in [2.45, 2.75) is 58.3 Å². The summed E-state index contributed by atoms with van der Waals surface area (Å²) in [5.41, 5.74) is 0. The summed E-state index contributed by atoms with van der Waals surface area (Å²) in [6, 6.07) is 0. The Morgan fingerprint density at radius 2 is 1.31 bits per heavy atom. The summed E-state index contributed by atoms with van der Waals surface area (Å²) in [7, 11) is 2.98.